The Kier molecular flexibility index (Phi) is 2.17. The van der Waals surface area contributed by atoms with E-state index in [4.69, 9.17) is 4.42 Å². The zero-order valence-corrected chi connectivity index (χ0v) is 7.66. The van der Waals surface area contributed by atoms with Crippen molar-refractivity contribution >= 4 is 0 Å². The van der Waals surface area contributed by atoms with Gasteiger partial charge < -0.3 is 4.42 Å². The minimum absolute atomic E-state index is 0.974. The van der Waals surface area contributed by atoms with Crippen molar-refractivity contribution in [2.45, 2.75) is 13.3 Å². The van der Waals surface area contributed by atoms with Crippen molar-refractivity contribution in [1.82, 2.24) is 0 Å². The zero-order valence-electron chi connectivity index (χ0n) is 7.66. The first-order valence-electron chi connectivity index (χ1n) is 4.48. The highest BCUT2D eigenvalue weighted by molar-refractivity contribution is 5.65. The normalized spacial score (nSPS) is 11.5. The third-order valence-electron chi connectivity index (χ3n) is 2.16. The molecule has 1 heteroatoms. The molecule has 0 aromatic carbocycles. The molecule has 0 atom stereocenters. The van der Waals surface area contributed by atoms with E-state index in [2.05, 4.69) is 24.3 Å². The van der Waals surface area contributed by atoms with Gasteiger partial charge in [0.15, 0.2) is 0 Å². The Hall–Kier alpha value is -1.50. The van der Waals surface area contributed by atoms with Gasteiger partial charge >= 0.3 is 0 Å². The Bertz CT molecular complexity index is 384. The second-order valence-electron chi connectivity index (χ2n) is 3.02. The Morgan fingerprint density at radius 3 is 3.08 bits per heavy atom. The third kappa shape index (κ3) is 1.50. The van der Waals surface area contributed by atoms with Gasteiger partial charge in [-0.15, -0.1) is 0 Å². The Morgan fingerprint density at radius 1 is 1.31 bits per heavy atom. The van der Waals surface area contributed by atoms with Crippen LogP contribution >= 0.6 is 0 Å². The maximum absolute atomic E-state index is 5.35. The number of allylic oxidation sites excluding steroid dienone is 2. The summed E-state index contributed by atoms with van der Waals surface area (Å²) < 4.78 is 5.35. The van der Waals surface area contributed by atoms with Crippen LogP contribution in [0, 0.1) is 0 Å². The molecule has 13 heavy (non-hydrogen) atoms. The van der Waals surface area contributed by atoms with Gasteiger partial charge in [-0.2, -0.15) is 0 Å². The standard InChI is InChI=1S/C12H12O/c1-2-3-5-10-7-8-12-11(10)6-4-9-13-12/h2-4,6-9H,5H2,1H3. The number of hydrogen-bond acceptors (Lipinski definition) is 1. The van der Waals surface area contributed by atoms with E-state index in [0.29, 0.717) is 0 Å². The zero-order chi connectivity index (χ0) is 9.10. The first kappa shape index (κ1) is 8.11. The second-order valence-corrected chi connectivity index (χ2v) is 3.02. The average Bonchev–Trinajstić information content (AvgIpc) is 2.58. The SMILES string of the molecule is CC=CCc1ccc2occcc1-2. The van der Waals surface area contributed by atoms with Crippen molar-refractivity contribution in [3.8, 4) is 11.3 Å². The van der Waals surface area contributed by atoms with Gasteiger partial charge in [-0.25, -0.2) is 0 Å². The van der Waals surface area contributed by atoms with Crippen molar-refractivity contribution in [2.24, 2.45) is 0 Å². The molecule has 1 nitrogen and oxygen atoms in total. The van der Waals surface area contributed by atoms with Crippen LogP contribution in [0.4, 0.5) is 0 Å². The highest BCUT2D eigenvalue weighted by atomic mass is 16.3. The molecular weight excluding hydrogens is 160 g/mol. The molecule has 2 rings (SSSR count). The van der Waals surface area contributed by atoms with Gasteiger partial charge in [0.05, 0.1) is 6.26 Å². The summed E-state index contributed by atoms with van der Waals surface area (Å²) in [4.78, 5) is 0. The molecule has 0 amide bonds. The number of fused-ring (bicyclic) bond motifs is 1. The Balaban J connectivity index is 2.37. The molecule has 0 saturated heterocycles. The molecule has 1 aliphatic heterocycles. The molecule has 0 spiro atoms. The maximum atomic E-state index is 5.35. The van der Waals surface area contributed by atoms with E-state index >= 15 is 0 Å². The van der Waals surface area contributed by atoms with Crippen LogP contribution < -0.4 is 0 Å². The van der Waals surface area contributed by atoms with Crippen LogP contribution in [0.2, 0.25) is 0 Å². The lowest BCUT2D eigenvalue weighted by Gasteiger charge is -1.99. The molecule has 0 aromatic rings. The van der Waals surface area contributed by atoms with Gasteiger partial charge in [0.25, 0.3) is 0 Å². The summed E-state index contributed by atoms with van der Waals surface area (Å²) in [6.45, 7) is 2.04. The third-order valence-corrected chi connectivity index (χ3v) is 2.16. The summed E-state index contributed by atoms with van der Waals surface area (Å²) in [6, 6.07) is 8.17. The van der Waals surface area contributed by atoms with Crippen molar-refractivity contribution in [1.29, 1.82) is 0 Å². The number of hydrogen-bond donors (Lipinski definition) is 0. The lowest BCUT2D eigenvalue weighted by Crippen LogP contribution is -1.80. The van der Waals surface area contributed by atoms with Crippen molar-refractivity contribution < 1.29 is 4.42 Å². The predicted molar refractivity (Wildman–Crippen MR) is 53.8 cm³/mol. The van der Waals surface area contributed by atoms with Crippen molar-refractivity contribution in [2.75, 3.05) is 0 Å². The highest BCUT2D eigenvalue weighted by Gasteiger charge is 2.08. The second kappa shape index (κ2) is 3.48. The molecule has 0 radical (unpaired) electrons. The Labute approximate surface area is 78.0 Å². The first-order valence-corrected chi connectivity index (χ1v) is 4.48. The Morgan fingerprint density at radius 2 is 2.23 bits per heavy atom. The summed E-state index contributed by atoms with van der Waals surface area (Å²) in [5.41, 5.74) is 2.55. The molecule has 0 saturated carbocycles. The van der Waals surface area contributed by atoms with Gasteiger partial charge in [0.2, 0.25) is 0 Å². The molecule has 1 heterocycles. The summed E-state index contributed by atoms with van der Waals surface area (Å²) in [6.07, 6.45) is 6.92. The molecule has 0 unspecified atom stereocenters. The summed E-state index contributed by atoms with van der Waals surface area (Å²) in [5, 5.41) is 0. The molecule has 0 aromatic heterocycles. The van der Waals surface area contributed by atoms with E-state index in [1.54, 1.807) is 6.26 Å². The van der Waals surface area contributed by atoms with Crippen LogP contribution in [0.1, 0.15) is 12.5 Å². The van der Waals surface area contributed by atoms with E-state index < -0.39 is 0 Å². The number of rotatable bonds is 2. The van der Waals surface area contributed by atoms with Crippen LogP contribution in [0.5, 0.6) is 0 Å². The lowest BCUT2D eigenvalue weighted by molar-refractivity contribution is 0.567. The van der Waals surface area contributed by atoms with Gasteiger partial charge in [0.1, 0.15) is 5.76 Å². The quantitative estimate of drug-likeness (QED) is 0.632. The van der Waals surface area contributed by atoms with Crippen molar-refractivity contribution in [3.63, 3.8) is 0 Å². The highest BCUT2D eigenvalue weighted by Crippen LogP contribution is 2.27. The maximum Gasteiger partial charge on any atom is 0.134 e. The minimum atomic E-state index is 0.974. The molecule has 2 aliphatic rings. The van der Waals surface area contributed by atoms with Crippen LogP contribution in [0.25, 0.3) is 11.3 Å². The molecule has 66 valence electrons. The van der Waals surface area contributed by atoms with Gasteiger partial charge in [-0.1, -0.05) is 18.2 Å². The molecule has 0 fully saturated rings. The van der Waals surface area contributed by atoms with Crippen LogP contribution in [0.15, 0.2) is 47.1 Å². The van der Waals surface area contributed by atoms with Gasteiger partial charge in [-0.3, -0.25) is 0 Å². The monoisotopic (exact) mass is 172 g/mol. The fourth-order valence-electron chi connectivity index (χ4n) is 1.48. The van der Waals surface area contributed by atoms with Crippen molar-refractivity contribution in [3.05, 3.63) is 48.2 Å². The largest absolute Gasteiger partial charge is 0.464 e. The predicted octanol–water partition coefficient (Wildman–Crippen LogP) is 3.50. The minimum Gasteiger partial charge on any atom is -0.464 e. The van der Waals surface area contributed by atoms with Gasteiger partial charge in [-0.05, 0) is 37.1 Å². The smallest absolute Gasteiger partial charge is 0.134 e. The van der Waals surface area contributed by atoms with E-state index in [1.807, 2.05) is 19.1 Å². The first-order chi connectivity index (χ1) is 6.42. The van der Waals surface area contributed by atoms with Crippen LogP contribution in [-0.4, -0.2) is 0 Å². The van der Waals surface area contributed by atoms with E-state index in [0.717, 1.165) is 12.2 Å². The van der Waals surface area contributed by atoms with Crippen LogP contribution in [-0.2, 0) is 6.42 Å². The topological polar surface area (TPSA) is 13.1 Å². The molecular formula is C12H12O. The molecule has 0 bridgehead atoms. The van der Waals surface area contributed by atoms with Crippen LogP contribution in [0.3, 0.4) is 0 Å². The summed E-state index contributed by atoms with van der Waals surface area (Å²) in [7, 11) is 0. The summed E-state index contributed by atoms with van der Waals surface area (Å²) >= 11 is 0. The summed E-state index contributed by atoms with van der Waals surface area (Å²) in [5.74, 6) is 0.974. The average molecular weight is 172 g/mol. The van der Waals surface area contributed by atoms with E-state index in [1.165, 1.54) is 11.1 Å². The van der Waals surface area contributed by atoms with E-state index in [-0.39, 0.29) is 0 Å². The molecule has 1 aliphatic carbocycles. The van der Waals surface area contributed by atoms with E-state index in [9.17, 15) is 0 Å². The fourth-order valence-corrected chi connectivity index (χ4v) is 1.48. The van der Waals surface area contributed by atoms with Gasteiger partial charge in [0, 0.05) is 5.56 Å². The lowest BCUT2D eigenvalue weighted by atomic mass is 10.1. The fraction of sp³-hybridized carbons (Fsp3) is 0.167. The molecule has 0 N–H and O–H groups in total.